The zero-order valence-corrected chi connectivity index (χ0v) is 22.8. The van der Waals surface area contributed by atoms with Gasteiger partial charge in [0.15, 0.2) is 0 Å². The van der Waals surface area contributed by atoms with Crippen molar-refractivity contribution in [3.63, 3.8) is 0 Å². The molecule has 0 aliphatic rings. The number of hydrogen-bond acceptors (Lipinski definition) is 3. The molecule has 0 spiro atoms. The third kappa shape index (κ3) is 18.2. The molecule has 0 saturated carbocycles. The molecule has 0 aromatic heterocycles. The molecule has 0 fully saturated rings. The van der Waals surface area contributed by atoms with Crippen LogP contribution >= 0.6 is 0 Å². The average Bonchev–Trinajstić information content (AvgIpc) is 2.85. The van der Waals surface area contributed by atoms with E-state index in [0.717, 1.165) is 43.1 Å². The predicted molar refractivity (Wildman–Crippen MR) is 147 cm³/mol. The van der Waals surface area contributed by atoms with Crippen molar-refractivity contribution in [2.24, 2.45) is 0 Å². The second-order valence-corrected chi connectivity index (χ2v) is 10.0. The van der Waals surface area contributed by atoms with Crippen LogP contribution in [0.25, 0.3) is 0 Å². The number of ether oxygens (including phenoxy) is 2. The zero-order valence-electron chi connectivity index (χ0n) is 22.8. The van der Waals surface area contributed by atoms with Crippen molar-refractivity contribution in [1.82, 2.24) is 0 Å². The Hall–Kier alpha value is -1.22. The highest BCUT2D eigenvalue weighted by Crippen LogP contribution is 2.24. The van der Waals surface area contributed by atoms with Crippen LogP contribution in [0.3, 0.4) is 0 Å². The SMILES string of the molecule is CCCCCCCCCCCCOc1cc(CO)cc(OCCCCCCCCCCCC)c1. The van der Waals surface area contributed by atoms with Gasteiger partial charge >= 0.3 is 0 Å². The highest BCUT2D eigenvalue weighted by Gasteiger charge is 2.04. The molecule has 0 saturated heterocycles. The maximum Gasteiger partial charge on any atom is 0.123 e. The van der Waals surface area contributed by atoms with E-state index in [9.17, 15) is 5.11 Å². The van der Waals surface area contributed by atoms with Gasteiger partial charge in [-0.2, -0.15) is 0 Å². The van der Waals surface area contributed by atoms with Crippen LogP contribution in [0.15, 0.2) is 18.2 Å². The maximum absolute atomic E-state index is 9.60. The zero-order chi connectivity index (χ0) is 24.5. The summed E-state index contributed by atoms with van der Waals surface area (Å²) in [4.78, 5) is 0. The molecular weight excluding hydrogens is 420 g/mol. The minimum Gasteiger partial charge on any atom is -0.493 e. The van der Waals surface area contributed by atoms with Gasteiger partial charge in [-0.25, -0.2) is 0 Å². The summed E-state index contributed by atoms with van der Waals surface area (Å²) in [5.41, 5.74) is 0.860. The van der Waals surface area contributed by atoms with Crippen molar-refractivity contribution in [2.45, 2.75) is 149 Å². The summed E-state index contributed by atoms with van der Waals surface area (Å²) >= 11 is 0. The molecule has 1 rings (SSSR count). The molecule has 0 atom stereocenters. The van der Waals surface area contributed by atoms with Gasteiger partial charge in [0.25, 0.3) is 0 Å². The lowest BCUT2D eigenvalue weighted by Crippen LogP contribution is -2.01. The number of benzene rings is 1. The molecule has 1 aromatic carbocycles. The van der Waals surface area contributed by atoms with E-state index in [4.69, 9.17) is 9.47 Å². The monoisotopic (exact) mass is 476 g/mol. The van der Waals surface area contributed by atoms with Crippen molar-refractivity contribution in [2.75, 3.05) is 13.2 Å². The molecule has 0 aliphatic heterocycles. The van der Waals surface area contributed by atoms with Crippen LogP contribution < -0.4 is 9.47 Å². The molecule has 1 aromatic rings. The first-order valence-corrected chi connectivity index (χ1v) is 14.8. The topological polar surface area (TPSA) is 38.7 Å². The van der Waals surface area contributed by atoms with Crippen molar-refractivity contribution in [3.8, 4) is 11.5 Å². The Morgan fingerprint density at radius 2 is 0.794 bits per heavy atom. The number of rotatable bonds is 25. The largest absolute Gasteiger partial charge is 0.493 e. The fourth-order valence-corrected chi connectivity index (χ4v) is 4.45. The summed E-state index contributed by atoms with van der Waals surface area (Å²) in [6.45, 7) is 6.04. The first-order chi connectivity index (χ1) is 16.8. The standard InChI is InChI=1S/C31H56O3/c1-3-5-7-9-11-13-15-17-19-21-23-33-30-25-29(28-32)26-31(27-30)34-24-22-20-18-16-14-12-10-8-6-4-2/h25-27,32H,3-24,28H2,1-2H3. The molecular formula is C31H56O3. The summed E-state index contributed by atoms with van der Waals surface area (Å²) in [6.07, 6.45) is 26.6. The van der Waals surface area contributed by atoms with E-state index in [0.29, 0.717) is 0 Å². The van der Waals surface area contributed by atoms with Crippen LogP contribution in [0.1, 0.15) is 148 Å². The lowest BCUT2D eigenvalue weighted by atomic mass is 10.1. The first kappa shape index (κ1) is 30.8. The van der Waals surface area contributed by atoms with Crippen LogP contribution in [0.2, 0.25) is 0 Å². The number of hydrogen-bond donors (Lipinski definition) is 1. The highest BCUT2D eigenvalue weighted by atomic mass is 16.5. The maximum atomic E-state index is 9.60. The molecule has 198 valence electrons. The molecule has 0 bridgehead atoms. The van der Waals surface area contributed by atoms with E-state index in [2.05, 4.69) is 13.8 Å². The van der Waals surface area contributed by atoms with Gasteiger partial charge in [-0.05, 0) is 30.5 Å². The Kier molecular flexibility index (Phi) is 21.3. The second kappa shape index (κ2) is 23.5. The minimum absolute atomic E-state index is 0.0179. The van der Waals surface area contributed by atoms with Crippen LogP contribution in [0.4, 0.5) is 0 Å². The van der Waals surface area contributed by atoms with E-state index < -0.39 is 0 Å². The van der Waals surface area contributed by atoms with Gasteiger partial charge in [0.05, 0.1) is 19.8 Å². The van der Waals surface area contributed by atoms with Crippen LogP contribution in [-0.4, -0.2) is 18.3 Å². The van der Waals surface area contributed by atoms with Gasteiger partial charge in [0, 0.05) is 6.07 Å². The first-order valence-electron chi connectivity index (χ1n) is 14.8. The van der Waals surface area contributed by atoms with E-state index in [-0.39, 0.29) is 6.61 Å². The lowest BCUT2D eigenvalue weighted by molar-refractivity contribution is 0.271. The summed E-state index contributed by atoms with van der Waals surface area (Å²) in [5.74, 6) is 1.64. The fraction of sp³-hybridized carbons (Fsp3) is 0.806. The van der Waals surface area contributed by atoms with Gasteiger partial charge in [-0.3, -0.25) is 0 Å². The van der Waals surface area contributed by atoms with E-state index in [1.165, 1.54) is 116 Å². The third-order valence-electron chi connectivity index (χ3n) is 6.66. The van der Waals surface area contributed by atoms with Gasteiger partial charge < -0.3 is 14.6 Å². The fourth-order valence-electron chi connectivity index (χ4n) is 4.45. The van der Waals surface area contributed by atoms with Gasteiger partial charge in [0.1, 0.15) is 11.5 Å². The van der Waals surface area contributed by atoms with Gasteiger partial charge in [-0.1, -0.05) is 129 Å². The van der Waals surface area contributed by atoms with Crippen LogP contribution in [0, 0.1) is 0 Å². The molecule has 0 radical (unpaired) electrons. The van der Waals surface area contributed by atoms with E-state index in [1.807, 2.05) is 18.2 Å². The summed E-state index contributed by atoms with van der Waals surface area (Å²) in [7, 11) is 0. The number of unbranched alkanes of at least 4 members (excludes halogenated alkanes) is 18. The average molecular weight is 477 g/mol. The molecule has 3 heteroatoms. The normalized spacial score (nSPS) is 11.1. The van der Waals surface area contributed by atoms with Crippen LogP contribution in [-0.2, 0) is 6.61 Å². The van der Waals surface area contributed by atoms with E-state index >= 15 is 0 Å². The Morgan fingerprint density at radius 3 is 1.12 bits per heavy atom. The molecule has 0 amide bonds. The summed E-state index contributed by atoms with van der Waals surface area (Å²) in [5, 5.41) is 9.60. The molecule has 0 heterocycles. The third-order valence-corrected chi connectivity index (χ3v) is 6.66. The minimum atomic E-state index is 0.0179. The quantitative estimate of drug-likeness (QED) is 0.143. The molecule has 1 N–H and O–H groups in total. The predicted octanol–water partition coefficient (Wildman–Crippen LogP) is 9.78. The Labute approximate surface area is 212 Å². The van der Waals surface area contributed by atoms with Crippen LogP contribution in [0.5, 0.6) is 11.5 Å². The Bertz CT molecular complexity index is 513. The molecule has 0 unspecified atom stereocenters. The smallest absolute Gasteiger partial charge is 0.123 e. The van der Waals surface area contributed by atoms with E-state index in [1.54, 1.807) is 0 Å². The lowest BCUT2D eigenvalue weighted by Gasteiger charge is -2.12. The van der Waals surface area contributed by atoms with Crippen molar-refractivity contribution >= 4 is 0 Å². The summed E-state index contributed by atoms with van der Waals surface area (Å²) in [6, 6.07) is 5.85. The molecule has 34 heavy (non-hydrogen) atoms. The van der Waals surface area contributed by atoms with Crippen molar-refractivity contribution in [1.29, 1.82) is 0 Å². The summed E-state index contributed by atoms with van der Waals surface area (Å²) < 4.78 is 12.0. The number of aliphatic hydroxyl groups is 1. The Balaban J connectivity index is 2.10. The van der Waals surface area contributed by atoms with Gasteiger partial charge in [-0.15, -0.1) is 0 Å². The van der Waals surface area contributed by atoms with Gasteiger partial charge in [0.2, 0.25) is 0 Å². The highest BCUT2D eigenvalue weighted by molar-refractivity contribution is 5.38. The van der Waals surface area contributed by atoms with Crippen molar-refractivity contribution < 1.29 is 14.6 Å². The molecule has 0 aliphatic carbocycles. The van der Waals surface area contributed by atoms with Crippen molar-refractivity contribution in [3.05, 3.63) is 23.8 Å². The second-order valence-electron chi connectivity index (χ2n) is 10.0. The molecule has 3 nitrogen and oxygen atoms in total. The Morgan fingerprint density at radius 1 is 0.471 bits per heavy atom. The number of aliphatic hydroxyl groups excluding tert-OH is 1.